The monoisotopic (exact) mass is 369 g/mol. The molecular formula is C21H20ClNO3. The molecule has 0 bridgehead atoms. The van der Waals surface area contributed by atoms with Crippen molar-refractivity contribution in [2.24, 2.45) is 0 Å². The smallest absolute Gasteiger partial charge is 0.303 e. The number of halogens is 1. The Balaban J connectivity index is 1.82. The quantitative estimate of drug-likeness (QED) is 0.506. The summed E-state index contributed by atoms with van der Waals surface area (Å²) >= 11 is 5.99. The fraction of sp³-hybridized carbons (Fsp3) is 0.238. The number of benzene rings is 2. The van der Waals surface area contributed by atoms with E-state index in [-0.39, 0.29) is 6.42 Å². The molecule has 2 aromatic carbocycles. The van der Waals surface area contributed by atoms with Crippen LogP contribution in [0.2, 0.25) is 5.02 Å². The second-order valence-corrected chi connectivity index (χ2v) is 6.55. The van der Waals surface area contributed by atoms with Gasteiger partial charge in [0, 0.05) is 29.0 Å². The molecule has 1 heterocycles. The Bertz CT molecular complexity index is 857. The van der Waals surface area contributed by atoms with Crippen LogP contribution in [0, 0.1) is 0 Å². The lowest BCUT2D eigenvalue weighted by Gasteiger charge is -2.02. The molecule has 0 aliphatic rings. The van der Waals surface area contributed by atoms with Crippen molar-refractivity contribution in [1.82, 2.24) is 4.98 Å². The van der Waals surface area contributed by atoms with Gasteiger partial charge < -0.3 is 9.52 Å². The van der Waals surface area contributed by atoms with Crippen molar-refractivity contribution < 1.29 is 14.3 Å². The molecule has 1 aromatic heterocycles. The molecule has 3 aromatic rings. The third-order valence-electron chi connectivity index (χ3n) is 4.13. The van der Waals surface area contributed by atoms with E-state index in [1.165, 1.54) is 0 Å². The van der Waals surface area contributed by atoms with Crippen LogP contribution < -0.4 is 0 Å². The summed E-state index contributed by atoms with van der Waals surface area (Å²) < 4.78 is 6.05. The summed E-state index contributed by atoms with van der Waals surface area (Å²) in [6, 6.07) is 17.3. The van der Waals surface area contributed by atoms with Crippen LogP contribution in [-0.4, -0.2) is 16.1 Å². The molecule has 0 amide bonds. The van der Waals surface area contributed by atoms with E-state index in [1.807, 2.05) is 54.6 Å². The molecule has 0 fully saturated rings. The van der Waals surface area contributed by atoms with Gasteiger partial charge in [-0.1, -0.05) is 48.4 Å². The summed E-state index contributed by atoms with van der Waals surface area (Å²) in [7, 11) is 0. The zero-order chi connectivity index (χ0) is 18.4. The Kier molecular flexibility index (Phi) is 6.08. The molecule has 0 aliphatic heterocycles. The van der Waals surface area contributed by atoms with Gasteiger partial charge >= 0.3 is 5.97 Å². The third-order valence-corrected chi connectivity index (χ3v) is 4.38. The minimum atomic E-state index is -0.752. The van der Waals surface area contributed by atoms with Gasteiger partial charge in [0.15, 0.2) is 0 Å². The highest BCUT2D eigenvalue weighted by Gasteiger charge is 2.16. The molecule has 0 radical (unpaired) electrons. The van der Waals surface area contributed by atoms with E-state index < -0.39 is 5.97 Å². The molecule has 0 spiro atoms. The van der Waals surface area contributed by atoms with Crippen LogP contribution >= 0.6 is 11.6 Å². The van der Waals surface area contributed by atoms with Crippen molar-refractivity contribution >= 4 is 17.6 Å². The number of aliphatic carboxylic acids is 1. The summed E-state index contributed by atoms with van der Waals surface area (Å²) in [5.74, 6) is 0.662. The van der Waals surface area contributed by atoms with Crippen LogP contribution in [0.15, 0.2) is 59.0 Å². The van der Waals surface area contributed by atoms with Gasteiger partial charge in [-0.25, -0.2) is 4.98 Å². The van der Waals surface area contributed by atoms with Gasteiger partial charge in [-0.3, -0.25) is 4.79 Å². The van der Waals surface area contributed by atoms with Crippen LogP contribution in [-0.2, 0) is 11.2 Å². The predicted molar refractivity (Wildman–Crippen MR) is 102 cm³/mol. The number of nitrogens with zero attached hydrogens (tertiary/aromatic N) is 1. The Morgan fingerprint density at radius 2 is 1.69 bits per heavy atom. The van der Waals surface area contributed by atoms with Gasteiger partial charge in [0.2, 0.25) is 5.89 Å². The molecule has 0 atom stereocenters. The van der Waals surface area contributed by atoms with Crippen molar-refractivity contribution in [3.05, 3.63) is 65.4 Å². The summed E-state index contributed by atoms with van der Waals surface area (Å²) in [6.45, 7) is 0. The van der Waals surface area contributed by atoms with Gasteiger partial charge in [-0.05, 0) is 37.1 Å². The molecule has 5 heteroatoms. The standard InChI is InChI=1S/C21H20ClNO3/c22-17-13-11-15(12-14-17)20-18(9-5-2-6-10-19(24)25)26-21(23-20)16-7-3-1-4-8-16/h1,3-4,7-8,11-14H,2,5-6,9-10H2,(H,24,25). The molecule has 3 rings (SSSR count). The Labute approximate surface area is 157 Å². The van der Waals surface area contributed by atoms with Crippen molar-refractivity contribution in [3.63, 3.8) is 0 Å². The molecule has 26 heavy (non-hydrogen) atoms. The van der Waals surface area contributed by atoms with E-state index >= 15 is 0 Å². The minimum Gasteiger partial charge on any atom is -0.481 e. The topological polar surface area (TPSA) is 63.3 Å². The average Bonchev–Trinajstić information content (AvgIpc) is 3.07. The maximum Gasteiger partial charge on any atom is 0.303 e. The Hall–Kier alpha value is -2.59. The molecule has 4 nitrogen and oxygen atoms in total. The first-order chi connectivity index (χ1) is 12.6. The summed E-state index contributed by atoms with van der Waals surface area (Å²) in [5, 5.41) is 9.41. The number of hydrogen-bond acceptors (Lipinski definition) is 3. The second kappa shape index (κ2) is 8.68. The van der Waals surface area contributed by atoms with Gasteiger partial charge in [0.1, 0.15) is 11.5 Å². The minimum absolute atomic E-state index is 0.204. The molecule has 0 saturated carbocycles. The normalized spacial score (nSPS) is 10.8. The zero-order valence-electron chi connectivity index (χ0n) is 14.3. The lowest BCUT2D eigenvalue weighted by atomic mass is 10.1. The summed E-state index contributed by atoms with van der Waals surface area (Å²) in [6.07, 6.45) is 3.30. The summed E-state index contributed by atoms with van der Waals surface area (Å²) in [5.41, 5.74) is 2.71. The number of carboxylic acids is 1. The first-order valence-electron chi connectivity index (χ1n) is 8.66. The first-order valence-corrected chi connectivity index (χ1v) is 9.04. The zero-order valence-corrected chi connectivity index (χ0v) is 15.1. The number of aryl methyl sites for hydroxylation is 1. The molecule has 0 unspecified atom stereocenters. The van der Waals surface area contributed by atoms with E-state index in [9.17, 15) is 4.79 Å². The van der Waals surface area contributed by atoms with Crippen molar-refractivity contribution in [1.29, 1.82) is 0 Å². The van der Waals surface area contributed by atoms with E-state index in [2.05, 4.69) is 0 Å². The van der Waals surface area contributed by atoms with Crippen LogP contribution in [0.5, 0.6) is 0 Å². The number of carboxylic acid groups (broad SMARTS) is 1. The largest absolute Gasteiger partial charge is 0.481 e. The van der Waals surface area contributed by atoms with Gasteiger partial charge in [-0.2, -0.15) is 0 Å². The second-order valence-electron chi connectivity index (χ2n) is 6.12. The van der Waals surface area contributed by atoms with Gasteiger partial charge in [0.25, 0.3) is 0 Å². The predicted octanol–water partition coefficient (Wildman–Crippen LogP) is 5.85. The first kappa shape index (κ1) is 18.2. The highest BCUT2D eigenvalue weighted by atomic mass is 35.5. The number of hydrogen-bond donors (Lipinski definition) is 1. The lowest BCUT2D eigenvalue weighted by Crippen LogP contribution is -1.94. The highest BCUT2D eigenvalue weighted by Crippen LogP contribution is 2.31. The number of unbranched alkanes of at least 4 members (excludes halogenated alkanes) is 2. The van der Waals surface area contributed by atoms with E-state index in [4.69, 9.17) is 26.1 Å². The van der Waals surface area contributed by atoms with Crippen molar-refractivity contribution in [3.8, 4) is 22.7 Å². The highest BCUT2D eigenvalue weighted by molar-refractivity contribution is 6.30. The fourth-order valence-electron chi connectivity index (χ4n) is 2.80. The number of aromatic nitrogens is 1. The molecule has 134 valence electrons. The molecule has 0 saturated heterocycles. The molecule has 1 N–H and O–H groups in total. The van der Waals surface area contributed by atoms with Gasteiger partial charge in [0.05, 0.1) is 0 Å². The lowest BCUT2D eigenvalue weighted by molar-refractivity contribution is -0.137. The average molecular weight is 370 g/mol. The van der Waals surface area contributed by atoms with E-state index in [1.54, 1.807) is 0 Å². The number of carbonyl (C=O) groups is 1. The Morgan fingerprint density at radius 3 is 2.38 bits per heavy atom. The van der Waals surface area contributed by atoms with Crippen molar-refractivity contribution in [2.75, 3.05) is 0 Å². The maximum atomic E-state index is 10.6. The number of rotatable bonds is 8. The van der Waals surface area contributed by atoms with Crippen LogP contribution in [0.3, 0.4) is 0 Å². The van der Waals surface area contributed by atoms with Crippen LogP contribution in [0.4, 0.5) is 0 Å². The number of oxazole rings is 1. The fourth-order valence-corrected chi connectivity index (χ4v) is 2.92. The SMILES string of the molecule is O=C(O)CCCCCc1oc(-c2ccccc2)nc1-c1ccc(Cl)cc1. The van der Waals surface area contributed by atoms with E-state index in [0.29, 0.717) is 17.3 Å². The van der Waals surface area contributed by atoms with E-state index in [0.717, 1.165) is 41.8 Å². The maximum absolute atomic E-state index is 10.6. The third kappa shape index (κ3) is 4.73. The molecular weight excluding hydrogens is 350 g/mol. The Morgan fingerprint density at radius 1 is 0.962 bits per heavy atom. The molecule has 0 aliphatic carbocycles. The van der Waals surface area contributed by atoms with Crippen LogP contribution in [0.1, 0.15) is 31.4 Å². The summed E-state index contributed by atoms with van der Waals surface area (Å²) in [4.78, 5) is 15.3. The van der Waals surface area contributed by atoms with Gasteiger partial charge in [-0.15, -0.1) is 0 Å². The van der Waals surface area contributed by atoms with Crippen molar-refractivity contribution in [2.45, 2.75) is 32.1 Å². The van der Waals surface area contributed by atoms with Crippen LogP contribution in [0.25, 0.3) is 22.7 Å².